The van der Waals surface area contributed by atoms with Crippen LogP contribution in [-0.4, -0.2) is 5.11 Å². The topological polar surface area (TPSA) is 20.2 Å². The van der Waals surface area contributed by atoms with E-state index in [0.717, 1.165) is 37.2 Å². The Balaban J connectivity index is 2.02. The molecular weight excluding hydrogens is 256 g/mol. The molecule has 1 saturated carbocycles. The summed E-state index contributed by atoms with van der Waals surface area (Å²) in [4.78, 5) is 0. The van der Waals surface area contributed by atoms with Crippen molar-refractivity contribution in [2.45, 2.75) is 83.7 Å². The van der Waals surface area contributed by atoms with Crippen molar-refractivity contribution >= 4 is 0 Å². The van der Waals surface area contributed by atoms with Crippen LogP contribution in [-0.2, 0) is 0 Å². The molecule has 0 spiro atoms. The van der Waals surface area contributed by atoms with E-state index in [1.165, 1.54) is 37.7 Å². The van der Waals surface area contributed by atoms with E-state index in [-0.39, 0.29) is 6.10 Å². The van der Waals surface area contributed by atoms with Gasteiger partial charge in [0.1, 0.15) is 0 Å². The maximum atomic E-state index is 10.6. The molecule has 1 aliphatic rings. The summed E-state index contributed by atoms with van der Waals surface area (Å²) in [6.45, 7) is 4.42. The molecule has 1 heteroatoms. The fourth-order valence-electron chi connectivity index (χ4n) is 3.88. The predicted molar refractivity (Wildman–Crippen MR) is 90.5 cm³/mol. The van der Waals surface area contributed by atoms with E-state index in [0.29, 0.717) is 5.92 Å². The Labute approximate surface area is 130 Å². The van der Waals surface area contributed by atoms with Crippen LogP contribution in [0.25, 0.3) is 0 Å². The van der Waals surface area contributed by atoms with Gasteiger partial charge in [-0.1, -0.05) is 70.2 Å². The average molecular weight is 288 g/mol. The fraction of sp³-hybridized carbons (Fsp3) is 0.700. The van der Waals surface area contributed by atoms with E-state index < -0.39 is 0 Å². The molecule has 118 valence electrons. The second-order valence-corrected chi connectivity index (χ2v) is 6.78. The zero-order valence-electron chi connectivity index (χ0n) is 13.9. The van der Waals surface area contributed by atoms with Crippen LogP contribution in [0.3, 0.4) is 0 Å². The van der Waals surface area contributed by atoms with Crippen molar-refractivity contribution in [1.82, 2.24) is 0 Å². The lowest BCUT2D eigenvalue weighted by Gasteiger charge is -2.24. The molecule has 1 atom stereocenters. The normalized spacial score (nSPS) is 18.1. The first-order chi connectivity index (χ1) is 10.3. The second kappa shape index (κ2) is 8.58. The molecule has 0 aromatic heterocycles. The van der Waals surface area contributed by atoms with E-state index in [9.17, 15) is 5.11 Å². The van der Waals surface area contributed by atoms with Gasteiger partial charge in [0.05, 0.1) is 6.10 Å². The molecule has 1 unspecified atom stereocenters. The molecule has 1 aliphatic carbocycles. The zero-order valence-corrected chi connectivity index (χ0v) is 13.9. The summed E-state index contributed by atoms with van der Waals surface area (Å²) < 4.78 is 0. The van der Waals surface area contributed by atoms with E-state index in [1.54, 1.807) is 0 Å². The van der Waals surface area contributed by atoms with Crippen molar-refractivity contribution in [3.8, 4) is 0 Å². The van der Waals surface area contributed by atoms with E-state index >= 15 is 0 Å². The minimum Gasteiger partial charge on any atom is -0.388 e. The smallest absolute Gasteiger partial charge is 0.0818 e. The van der Waals surface area contributed by atoms with Crippen LogP contribution < -0.4 is 0 Å². The molecule has 2 rings (SSSR count). The Hall–Kier alpha value is -0.820. The Kier molecular flexibility index (Phi) is 6.76. The van der Waals surface area contributed by atoms with Gasteiger partial charge in [0, 0.05) is 0 Å². The van der Waals surface area contributed by atoms with Gasteiger partial charge in [-0.15, -0.1) is 0 Å². The van der Waals surface area contributed by atoms with Gasteiger partial charge in [0.25, 0.3) is 0 Å². The molecule has 1 aromatic carbocycles. The van der Waals surface area contributed by atoms with Crippen molar-refractivity contribution in [2.75, 3.05) is 0 Å². The summed E-state index contributed by atoms with van der Waals surface area (Å²) in [5, 5.41) is 10.6. The lowest BCUT2D eigenvalue weighted by Crippen LogP contribution is -2.13. The minimum atomic E-state index is -0.287. The first-order valence-corrected chi connectivity index (χ1v) is 9.04. The SMILES string of the molecule is CCCC(CCC)C(O)c1ccc(C2CCCCC2)cc1. The third-order valence-electron chi connectivity index (χ3n) is 5.12. The molecule has 0 saturated heterocycles. The zero-order chi connectivity index (χ0) is 15.1. The van der Waals surface area contributed by atoms with Gasteiger partial charge in [-0.2, -0.15) is 0 Å². The molecule has 0 radical (unpaired) electrons. The number of rotatable bonds is 7. The number of hydrogen-bond donors (Lipinski definition) is 1. The van der Waals surface area contributed by atoms with Crippen LogP contribution in [0.15, 0.2) is 24.3 Å². The molecule has 0 bridgehead atoms. The molecule has 1 fully saturated rings. The van der Waals surface area contributed by atoms with Gasteiger partial charge < -0.3 is 5.11 Å². The Morgan fingerprint density at radius 1 is 0.952 bits per heavy atom. The highest BCUT2D eigenvalue weighted by Crippen LogP contribution is 2.34. The summed E-state index contributed by atoms with van der Waals surface area (Å²) >= 11 is 0. The van der Waals surface area contributed by atoms with Crippen molar-refractivity contribution in [3.05, 3.63) is 35.4 Å². The van der Waals surface area contributed by atoms with E-state index in [1.807, 2.05) is 0 Å². The summed E-state index contributed by atoms with van der Waals surface area (Å²) in [6, 6.07) is 8.88. The van der Waals surface area contributed by atoms with Gasteiger partial charge in [0.2, 0.25) is 0 Å². The third-order valence-corrected chi connectivity index (χ3v) is 5.12. The van der Waals surface area contributed by atoms with Crippen molar-refractivity contribution < 1.29 is 5.11 Å². The lowest BCUT2D eigenvalue weighted by molar-refractivity contribution is 0.0964. The largest absolute Gasteiger partial charge is 0.388 e. The fourth-order valence-corrected chi connectivity index (χ4v) is 3.88. The molecule has 0 amide bonds. The van der Waals surface area contributed by atoms with Crippen LogP contribution in [0.4, 0.5) is 0 Å². The molecule has 1 N–H and O–H groups in total. The van der Waals surface area contributed by atoms with E-state index in [2.05, 4.69) is 38.1 Å². The summed E-state index contributed by atoms with van der Waals surface area (Å²) in [5.74, 6) is 1.17. The summed E-state index contributed by atoms with van der Waals surface area (Å²) in [7, 11) is 0. The monoisotopic (exact) mass is 288 g/mol. The predicted octanol–water partition coefficient (Wildman–Crippen LogP) is 5.98. The first-order valence-electron chi connectivity index (χ1n) is 9.04. The maximum absolute atomic E-state index is 10.6. The van der Waals surface area contributed by atoms with Crippen molar-refractivity contribution in [2.24, 2.45) is 5.92 Å². The highest BCUT2D eigenvalue weighted by Gasteiger charge is 2.20. The lowest BCUT2D eigenvalue weighted by atomic mass is 9.83. The Bertz CT molecular complexity index is 383. The number of aliphatic hydroxyl groups excluding tert-OH is 1. The molecule has 1 nitrogen and oxygen atoms in total. The summed E-state index contributed by atoms with van der Waals surface area (Å²) in [6.07, 6.45) is 11.1. The molecule has 21 heavy (non-hydrogen) atoms. The van der Waals surface area contributed by atoms with Crippen LogP contribution in [0.2, 0.25) is 0 Å². The highest BCUT2D eigenvalue weighted by molar-refractivity contribution is 5.27. The van der Waals surface area contributed by atoms with E-state index in [4.69, 9.17) is 0 Å². The number of benzene rings is 1. The van der Waals surface area contributed by atoms with Crippen LogP contribution in [0, 0.1) is 5.92 Å². The maximum Gasteiger partial charge on any atom is 0.0818 e. The highest BCUT2D eigenvalue weighted by atomic mass is 16.3. The second-order valence-electron chi connectivity index (χ2n) is 6.78. The molecule has 1 aromatic rings. The van der Waals surface area contributed by atoms with Crippen molar-refractivity contribution in [3.63, 3.8) is 0 Å². The summed E-state index contributed by atoms with van der Waals surface area (Å²) in [5.41, 5.74) is 2.59. The third kappa shape index (κ3) is 4.57. The van der Waals surface area contributed by atoms with Crippen LogP contribution in [0.1, 0.15) is 94.8 Å². The molecular formula is C20H32O. The van der Waals surface area contributed by atoms with Gasteiger partial charge in [0.15, 0.2) is 0 Å². The Morgan fingerprint density at radius 3 is 2.05 bits per heavy atom. The number of aliphatic hydroxyl groups is 1. The molecule has 0 heterocycles. The van der Waals surface area contributed by atoms with Crippen LogP contribution >= 0.6 is 0 Å². The van der Waals surface area contributed by atoms with Crippen LogP contribution in [0.5, 0.6) is 0 Å². The molecule has 0 aliphatic heterocycles. The number of hydrogen-bond acceptors (Lipinski definition) is 1. The quantitative estimate of drug-likeness (QED) is 0.654. The minimum absolute atomic E-state index is 0.287. The standard InChI is InChI=1S/C20H32O/c1-3-8-18(9-4-2)20(21)19-14-12-17(13-15-19)16-10-6-5-7-11-16/h12-16,18,20-21H,3-11H2,1-2H3. The van der Waals surface area contributed by atoms with Gasteiger partial charge >= 0.3 is 0 Å². The first kappa shape index (κ1) is 16.5. The van der Waals surface area contributed by atoms with Gasteiger partial charge in [-0.3, -0.25) is 0 Å². The average Bonchev–Trinajstić information content (AvgIpc) is 2.55. The van der Waals surface area contributed by atoms with Gasteiger partial charge in [-0.25, -0.2) is 0 Å². The van der Waals surface area contributed by atoms with Crippen molar-refractivity contribution in [1.29, 1.82) is 0 Å². The Morgan fingerprint density at radius 2 is 1.52 bits per heavy atom. The van der Waals surface area contributed by atoms with Gasteiger partial charge in [-0.05, 0) is 48.6 Å².